The van der Waals surface area contributed by atoms with E-state index < -0.39 is 42.2 Å². The molecule has 9 heteroatoms. The highest BCUT2D eigenvalue weighted by atomic mass is 16.6. The zero-order valence-electron chi connectivity index (χ0n) is 18.4. The molecule has 0 saturated heterocycles. The molecule has 0 aliphatic rings. The van der Waals surface area contributed by atoms with Gasteiger partial charge in [0.25, 0.3) is 0 Å². The fraction of sp³-hybridized carbons (Fsp3) is 0.571. The first-order chi connectivity index (χ1) is 13.9. The van der Waals surface area contributed by atoms with E-state index in [-0.39, 0.29) is 18.3 Å². The standard InChI is InChI=1S/C21H33N3O6/c1-13(2)22-18(27)17(15-8-7-9-16(26)12-15)24(10-11-25)19(28)14(3)23-20(29)30-21(4,5)6/h7-9,12-14,17,25-26H,10-11H2,1-6H3,(H,22,27)(H,23,29). The van der Waals surface area contributed by atoms with Crippen LogP contribution in [0.5, 0.6) is 5.75 Å². The normalized spacial score (nSPS) is 13.3. The minimum absolute atomic E-state index is 0.0637. The average Bonchev–Trinajstić information content (AvgIpc) is 2.58. The predicted molar refractivity (Wildman–Crippen MR) is 112 cm³/mol. The third kappa shape index (κ3) is 7.90. The molecule has 3 amide bonds. The lowest BCUT2D eigenvalue weighted by atomic mass is 10.0. The Bertz CT molecular complexity index is 745. The number of nitrogens with one attached hydrogen (secondary N) is 2. The highest BCUT2D eigenvalue weighted by Crippen LogP contribution is 2.25. The molecule has 4 N–H and O–H groups in total. The quantitative estimate of drug-likeness (QED) is 0.504. The van der Waals surface area contributed by atoms with Crippen LogP contribution in [0.15, 0.2) is 24.3 Å². The second kappa shape index (κ2) is 10.8. The summed E-state index contributed by atoms with van der Waals surface area (Å²) in [6, 6.07) is 3.68. The second-order valence-corrected chi connectivity index (χ2v) is 8.28. The SMILES string of the molecule is CC(C)NC(=O)C(c1cccc(O)c1)N(CCO)C(=O)C(C)NC(=O)OC(C)(C)C. The van der Waals surface area contributed by atoms with Crippen molar-refractivity contribution in [3.8, 4) is 5.75 Å². The van der Waals surface area contributed by atoms with Crippen molar-refractivity contribution < 1.29 is 29.3 Å². The van der Waals surface area contributed by atoms with Gasteiger partial charge in [-0.05, 0) is 59.2 Å². The Labute approximate surface area is 177 Å². The molecule has 2 unspecified atom stereocenters. The summed E-state index contributed by atoms with van der Waals surface area (Å²) in [4.78, 5) is 39.3. The maximum Gasteiger partial charge on any atom is 0.408 e. The van der Waals surface area contributed by atoms with Crippen molar-refractivity contribution in [2.75, 3.05) is 13.2 Å². The number of benzene rings is 1. The lowest BCUT2D eigenvalue weighted by Gasteiger charge is -2.33. The molecule has 1 rings (SSSR count). The first-order valence-electron chi connectivity index (χ1n) is 9.86. The molecule has 0 bridgehead atoms. The van der Waals surface area contributed by atoms with E-state index in [0.29, 0.717) is 5.56 Å². The van der Waals surface area contributed by atoms with Gasteiger partial charge in [-0.3, -0.25) is 9.59 Å². The van der Waals surface area contributed by atoms with Crippen molar-refractivity contribution >= 4 is 17.9 Å². The summed E-state index contributed by atoms with van der Waals surface area (Å²) in [6.45, 7) is 9.59. The van der Waals surface area contributed by atoms with Crippen LogP contribution in [-0.2, 0) is 14.3 Å². The molecule has 2 atom stereocenters. The molecule has 0 aliphatic carbocycles. The van der Waals surface area contributed by atoms with E-state index in [1.54, 1.807) is 46.8 Å². The number of aliphatic hydroxyl groups excluding tert-OH is 1. The number of amides is 3. The summed E-state index contributed by atoms with van der Waals surface area (Å²) in [5.41, 5.74) is -0.363. The lowest BCUT2D eigenvalue weighted by molar-refractivity contribution is -0.143. The molecule has 9 nitrogen and oxygen atoms in total. The summed E-state index contributed by atoms with van der Waals surface area (Å²) < 4.78 is 5.18. The number of phenols is 1. The number of carbonyl (C=O) groups excluding carboxylic acids is 3. The van der Waals surface area contributed by atoms with Crippen LogP contribution in [0.3, 0.4) is 0 Å². The van der Waals surface area contributed by atoms with Crippen molar-refractivity contribution in [1.82, 2.24) is 15.5 Å². The van der Waals surface area contributed by atoms with Crippen LogP contribution in [0, 0.1) is 0 Å². The Morgan fingerprint density at radius 2 is 1.77 bits per heavy atom. The number of nitrogens with zero attached hydrogens (tertiary/aromatic N) is 1. The molecule has 1 aromatic carbocycles. The molecule has 0 aromatic heterocycles. The van der Waals surface area contributed by atoms with Gasteiger partial charge < -0.3 is 30.5 Å². The van der Waals surface area contributed by atoms with Crippen LogP contribution in [0.1, 0.15) is 53.1 Å². The average molecular weight is 424 g/mol. The number of phenolic OH excluding ortho intramolecular Hbond substituents is 1. The molecule has 30 heavy (non-hydrogen) atoms. The van der Waals surface area contributed by atoms with E-state index >= 15 is 0 Å². The Morgan fingerprint density at radius 3 is 2.27 bits per heavy atom. The van der Waals surface area contributed by atoms with Crippen molar-refractivity contribution in [3.63, 3.8) is 0 Å². The predicted octanol–water partition coefficient (Wildman–Crippen LogP) is 1.69. The molecule has 0 heterocycles. The van der Waals surface area contributed by atoms with Crippen molar-refractivity contribution in [2.24, 2.45) is 0 Å². The minimum Gasteiger partial charge on any atom is -0.508 e. The summed E-state index contributed by atoms with van der Waals surface area (Å²) in [6.07, 6.45) is -0.771. The van der Waals surface area contributed by atoms with Crippen LogP contribution >= 0.6 is 0 Å². The van der Waals surface area contributed by atoms with Crippen molar-refractivity contribution in [1.29, 1.82) is 0 Å². The van der Waals surface area contributed by atoms with Crippen LogP contribution < -0.4 is 10.6 Å². The summed E-state index contributed by atoms with van der Waals surface area (Å²) in [7, 11) is 0. The molecule has 0 spiro atoms. The molecule has 0 aliphatic heterocycles. The Balaban J connectivity index is 3.21. The monoisotopic (exact) mass is 423 g/mol. The minimum atomic E-state index is -1.11. The number of ether oxygens (including phenoxy) is 1. The highest BCUT2D eigenvalue weighted by Gasteiger charge is 2.34. The van der Waals surface area contributed by atoms with E-state index in [1.807, 2.05) is 0 Å². The summed E-state index contributed by atoms with van der Waals surface area (Å²) >= 11 is 0. The number of alkyl carbamates (subject to hydrolysis) is 1. The molecule has 0 saturated carbocycles. The molecule has 1 aromatic rings. The van der Waals surface area contributed by atoms with Crippen LogP contribution in [-0.4, -0.2) is 63.9 Å². The fourth-order valence-corrected chi connectivity index (χ4v) is 2.80. The number of aromatic hydroxyl groups is 1. The maximum absolute atomic E-state index is 13.1. The Kier molecular flexibility index (Phi) is 9.10. The lowest BCUT2D eigenvalue weighted by Crippen LogP contribution is -2.53. The topological polar surface area (TPSA) is 128 Å². The van der Waals surface area contributed by atoms with Gasteiger partial charge in [0, 0.05) is 12.6 Å². The maximum atomic E-state index is 13.1. The van der Waals surface area contributed by atoms with Gasteiger partial charge in [-0.15, -0.1) is 0 Å². The molecule has 0 radical (unpaired) electrons. The number of rotatable bonds is 8. The van der Waals surface area contributed by atoms with Gasteiger partial charge in [-0.1, -0.05) is 12.1 Å². The Morgan fingerprint density at radius 1 is 1.13 bits per heavy atom. The van der Waals surface area contributed by atoms with E-state index in [9.17, 15) is 24.6 Å². The third-order valence-electron chi connectivity index (χ3n) is 3.90. The first kappa shape index (κ1) is 25.2. The second-order valence-electron chi connectivity index (χ2n) is 8.28. The van der Waals surface area contributed by atoms with Crippen LogP contribution in [0.2, 0.25) is 0 Å². The van der Waals surface area contributed by atoms with Gasteiger partial charge in [0.1, 0.15) is 23.4 Å². The fourth-order valence-electron chi connectivity index (χ4n) is 2.80. The summed E-state index contributed by atoms with van der Waals surface area (Å²) in [5, 5.41) is 24.6. The molecule has 168 valence electrons. The molecular formula is C21H33N3O6. The number of hydrogen-bond acceptors (Lipinski definition) is 6. The van der Waals surface area contributed by atoms with Gasteiger partial charge in [0.2, 0.25) is 11.8 Å². The zero-order valence-corrected chi connectivity index (χ0v) is 18.4. The van der Waals surface area contributed by atoms with Gasteiger partial charge in [-0.25, -0.2) is 4.79 Å². The number of carbonyl (C=O) groups is 3. The largest absolute Gasteiger partial charge is 0.508 e. The molecular weight excluding hydrogens is 390 g/mol. The highest BCUT2D eigenvalue weighted by molar-refractivity contribution is 5.92. The summed E-state index contributed by atoms with van der Waals surface area (Å²) in [5.74, 6) is -1.12. The van der Waals surface area contributed by atoms with Crippen molar-refractivity contribution in [2.45, 2.75) is 65.3 Å². The van der Waals surface area contributed by atoms with E-state index in [2.05, 4.69) is 10.6 Å². The smallest absolute Gasteiger partial charge is 0.408 e. The Hall–Kier alpha value is -2.81. The van der Waals surface area contributed by atoms with Gasteiger partial charge in [-0.2, -0.15) is 0 Å². The van der Waals surface area contributed by atoms with E-state index in [0.717, 1.165) is 0 Å². The first-order valence-corrected chi connectivity index (χ1v) is 9.86. The molecule has 0 fully saturated rings. The van der Waals surface area contributed by atoms with Gasteiger partial charge in [0.15, 0.2) is 0 Å². The van der Waals surface area contributed by atoms with Gasteiger partial charge >= 0.3 is 6.09 Å². The van der Waals surface area contributed by atoms with Crippen molar-refractivity contribution in [3.05, 3.63) is 29.8 Å². The van der Waals surface area contributed by atoms with E-state index in [4.69, 9.17) is 4.74 Å². The van der Waals surface area contributed by atoms with E-state index in [1.165, 1.54) is 24.0 Å². The number of aliphatic hydroxyl groups is 1. The van der Waals surface area contributed by atoms with Crippen LogP contribution in [0.25, 0.3) is 0 Å². The zero-order chi connectivity index (χ0) is 23.1. The third-order valence-corrected chi connectivity index (χ3v) is 3.90. The number of hydrogen-bond donors (Lipinski definition) is 4. The van der Waals surface area contributed by atoms with Crippen LogP contribution in [0.4, 0.5) is 4.79 Å². The van der Waals surface area contributed by atoms with Gasteiger partial charge in [0.05, 0.1) is 6.61 Å².